The Kier molecular flexibility index (Phi) is 4.37. The average Bonchev–Trinajstić information content (AvgIpc) is 3.14. The molecule has 5 rings (SSSR count). The van der Waals surface area contributed by atoms with Gasteiger partial charge in [-0.05, 0) is 35.4 Å². The van der Waals surface area contributed by atoms with Gasteiger partial charge in [-0.25, -0.2) is 9.37 Å². The SMILES string of the molecule is Cn1cc(-c2cnc3c(c2)CN(c2nc(Cl)nc4cc(Cl)c(F)cc24)CC3)cn1. The zero-order chi connectivity index (χ0) is 20.1. The molecule has 0 aliphatic carbocycles. The van der Waals surface area contributed by atoms with Gasteiger partial charge in [0.05, 0.1) is 16.7 Å². The van der Waals surface area contributed by atoms with Gasteiger partial charge < -0.3 is 4.90 Å². The van der Waals surface area contributed by atoms with Crippen LogP contribution in [0.25, 0.3) is 22.0 Å². The Labute approximate surface area is 175 Å². The molecule has 6 nitrogen and oxygen atoms in total. The molecule has 0 N–H and O–H groups in total. The first-order chi connectivity index (χ1) is 14.0. The minimum atomic E-state index is -0.510. The predicted molar refractivity (Wildman–Crippen MR) is 111 cm³/mol. The van der Waals surface area contributed by atoms with Gasteiger partial charge in [0.25, 0.3) is 0 Å². The molecule has 0 radical (unpaired) electrons. The topological polar surface area (TPSA) is 59.7 Å². The van der Waals surface area contributed by atoms with Crippen molar-refractivity contribution in [1.29, 1.82) is 0 Å². The highest BCUT2D eigenvalue weighted by Crippen LogP contribution is 2.33. The van der Waals surface area contributed by atoms with Crippen molar-refractivity contribution in [2.75, 3.05) is 11.4 Å². The highest BCUT2D eigenvalue weighted by molar-refractivity contribution is 6.32. The highest BCUT2D eigenvalue weighted by Gasteiger charge is 2.22. The van der Waals surface area contributed by atoms with Gasteiger partial charge in [-0.1, -0.05) is 11.6 Å². The molecule has 0 bridgehead atoms. The molecular formula is C20H15Cl2FN6. The number of fused-ring (bicyclic) bond motifs is 2. The second-order valence-electron chi connectivity index (χ2n) is 7.00. The number of benzene rings is 1. The van der Waals surface area contributed by atoms with Crippen LogP contribution >= 0.6 is 23.2 Å². The summed E-state index contributed by atoms with van der Waals surface area (Å²) < 4.78 is 15.9. The fourth-order valence-corrected chi connectivity index (χ4v) is 3.99. The molecule has 0 spiro atoms. The summed E-state index contributed by atoms with van der Waals surface area (Å²) in [7, 11) is 1.88. The molecule has 0 fully saturated rings. The summed E-state index contributed by atoms with van der Waals surface area (Å²) in [4.78, 5) is 15.3. The van der Waals surface area contributed by atoms with E-state index in [9.17, 15) is 4.39 Å². The number of aryl methyl sites for hydroxylation is 1. The van der Waals surface area contributed by atoms with E-state index in [0.29, 0.717) is 29.8 Å². The molecule has 4 heterocycles. The Hall–Kier alpha value is -2.77. The number of hydrogen-bond acceptors (Lipinski definition) is 5. The van der Waals surface area contributed by atoms with Crippen LogP contribution in [0.5, 0.6) is 0 Å². The molecule has 29 heavy (non-hydrogen) atoms. The number of nitrogens with zero attached hydrogens (tertiary/aromatic N) is 6. The lowest BCUT2D eigenvalue weighted by Crippen LogP contribution is -2.32. The van der Waals surface area contributed by atoms with Gasteiger partial charge in [-0.15, -0.1) is 0 Å². The molecule has 1 aromatic carbocycles. The maximum Gasteiger partial charge on any atom is 0.224 e. The zero-order valence-electron chi connectivity index (χ0n) is 15.4. The van der Waals surface area contributed by atoms with Crippen molar-refractivity contribution in [1.82, 2.24) is 24.7 Å². The monoisotopic (exact) mass is 428 g/mol. The standard InChI is InChI=1S/C20H15Cl2FN6/c1-28-9-13(8-25-28)11-4-12-10-29(3-2-17(12)24-7-11)19-14-5-16(23)15(21)6-18(14)26-20(22)27-19/h4-9H,2-3,10H2,1H3. The Balaban J connectivity index is 1.56. The van der Waals surface area contributed by atoms with Gasteiger partial charge in [0.15, 0.2) is 0 Å². The second-order valence-corrected chi connectivity index (χ2v) is 7.75. The van der Waals surface area contributed by atoms with Crippen molar-refractivity contribution < 1.29 is 4.39 Å². The third kappa shape index (κ3) is 3.30. The van der Waals surface area contributed by atoms with Crippen LogP contribution in [-0.4, -0.2) is 31.3 Å². The van der Waals surface area contributed by atoms with Crippen LogP contribution in [0.4, 0.5) is 10.2 Å². The van der Waals surface area contributed by atoms with Crippen LogP contribution < -0.4 is 4.90 Å². The maximum absolute atomic E-state index is 14.1. The third-order valence-corrected chi connectivity index (χ3v) is 5.53. The quantitative estimate of drug-likeness (QED) is 0.441. The largest absolute Gasteiger partial charge is 0.351 e. The molecule has 4 aromatic rings. The number of pyridine rings is 1. The number of hydrogen-bond donors (Lipinski definition) is 0. The number of rotatable bonds is 2. The highest BCUT2D eigenvalue weighted by atomic mass is 35.5. The van der Waals surface area contributed by atoms with Gasteiger partial charge in [0, 0.05) is 61.2 Å². The van der Waals surface area contributed by atoms with E-state index in [1.165, 1.54) is 12.1 Å². The van der Waals surface area contributed by atoms with Gasteiger partial charge >= 0.3 is 0 Å². The fraction of sp³-hybridized carbons (Fsp3) is 0.200. The van der Waals surface area contributed by atoms with Crippen molar-refractivity contribution in [3.05, 3.63) is 64.2 Å². The summed E-state index contributed by atoms with van der Waals surface area (Å²) >= 11 is 12.1. The van der Waals surface area contributed by atoms with Crippen molar-refractivity contribution in [3.63, 3.8) is 0 Å². The fourth-order valence-electron chi connectivity index (χ4n) is 3.66. The summed E-state index contributed by atoms with van der Waals surface area (Å²) in [5, 5.41) is 4.91. The van der Waals surface area contributed by atoms with E-state index in [2.05, 4.69) is 31.0 Å². The van der Waals surface area contributed by atoms with E-state index < -0.39 is 5.82 Å². The first kappa shape index (κ1) is 18.3. The van der Waals surface area contributed by atoms with Crippen molar-refractivity contribution in [2.24, 2.45) is 7.05 Å². The average molecular weight is 429 g/mol. The van der Waals surface area contributed by atoms with Crippen molar-refractivity contribution in [2.45, 2.75) is 13.0 Å². The van der Waals surface area contributed by atoms with Crippen molar-refractivity contribution >= 4 is 39.9 Å². The number of halogens is 3. The van der Waals surface area contributed by atoms with Gasteiger partial charge in [0.1, 0.15) is 11.6 Å². The molecule has 1 aliphatic rings. The Morgan fingerprint density at radius 2 is 1.93 bits per heavy atom. The van der Waals surface area contributed by atoms with Crippen molar-refractivity contribution in [3.8, 4) is 11.1 Å². The summed E-state index contributed by atoms with van der Waals surface area (Å²) in [6.45, 7) is 1.28. The molecule has 3 aromatic heterocycles. The molecular weight excluding hydrogens is 414 g/mol. The molecule has 0 atom stereocenters. The normalized spacial score (nSPS) is 13.7. The molecule has 0 unspecified atom stereocenters. The molecule has 0 saturated heterocycles. The summed E-state index contributed by atoms with van der Waals surface area (Å²) in [5.74, 6) is 0.0808. The number of aromatic nitrogens is 5. The van der Waals surface area contributed by atoms with Gasteiger partial charge in [0.2, 0.25) is 5.28 Å². The Morgan fingerprint density at radius 3 is 2.72 bits per heavy atom. The third-order valence-electron chi connectivity index (χ3n) is 5.07. The lowest BCUT2D eigenvalue weighted by Gasteiger charge is -2.30. The summed E-state index contributed by atoms with van der Waals surface area (Å²) in [6, 6.07) is 4.96. The van der Waals surface area contributed by atoms with Crippen LogP contribution in [0, 0.1) is 5.82 Å². The first-order valence-corrected chi connectivity index (χ1v) is 9.77. The van der Waals surface area contributed by atoms with E-state index in [4.69, 9.17) is 23.2 Å². The van der Waals surface area contributed by atoms with Crippen LogP contribution in [0.2, 0.25) is 10.3 Å². The first-order valence-electron chi connectivity index (χ1n) is 9.02. The van der Waals surface area contributed by atoms with E-state index in [1.807, 2.05) is 25.6 Å². The minimum Gasteiger partial charge on any atom is -0.351 e. The van der Waals surface area contributed by atoms with Crippen LogP contribution in [0.3, 0.4) is 0 Å². The van der Waals surface area contributed by atoms with E-state index in [-0.39, 0.29) is 10.3 Å². The Morgan fingerprint density at radius 1 is 1.07 bits per heavy atom. The van der Waals surface area contributed by atoms with E-state index in [0.717, 1.165) is 28.8 Å². The summed E-state index contributed by atoms with van der Waals surface area (Å²) in [5.41, 5.74) is 4.66. The molecule has 1 aliphatic heterocycles. The van der Waals surface area contributed by atoms with E-state index in [1.54, 1.807) is 4.68 Å². The van der Waals surface area contributed by atoms with E-state index >= 15 is 0 Å². The lowest BCUT2D eigenvalue weighted by molar-refractivity contribution is 0.629. The minimum absolute atomic E-state index is 0.00696. The molecule has 9 heteroatoms. The van der Waals surface area contributed by atoms with Crippen LogP contribution in [-0.2, 0) is 20.0 Å². The predicted octanol–water partition coefficient (Wildman–Crippen LogP) is 4.43. The molecule has 146 valence electrons. The maximum atomic E-state index is 14.1. The zero-order valence-corrected chi connectivity index (χ0v) is 16.9. The van der Waals surface area contributed by atoms with Crippen LogP contribution in [0.15, 0.2) is 36.8 Å². The smallest absolute Gasteiger partial charge is 0.224 e. The van der Waals surface area contributed by atoms with Gasteiger partial charge in [-0.3, -0.25) is 9.67 Å². The lowest BCUT2D eigenvalue weighted by atomic mass is 10.0. The molecule has 0 saturated carbocycles. The van der Waals surface area contributed by atoms with Gasteiger partial charge in [-0.2, -0.15) is 10.1 Å². The Bertz CT molecular complexity index is 1260. The molecule has 0 amide bonds. The number of anilines is 1. The van der Waals surface area contributed by atoms with Crippen LogP contribution in [0.1, 0.15) is 11.3 Å². The second kappa shape index (κ2) is 6.93. The summed E-state index contributed by atoms with van der Waals surface area (Å²) in [6.07, 6.45) is 6.39.